The Kier molecular flexibility index (Phi) is 6.44. The first kappa shape index (κ1) is 21.9. The van der Waals surface area contributed by atoms with Crippen LogP contribution in [0.5, 0.6) is 0 Å². The lowest BCUT2D eigenvalue weighted by atomic mass is 9.94. The molecule has 2 saturated heterocycles. The Morgan fingerprint density at radius 1 is 1.07 bits per heavy atom. The molecule has 29 heavy (non-hydrogen) atoms. The molecule has 1 aromatic rings. The molecule has 0 bridgehead atoms. The van der Waals surface area contributed by atoms with E-state index >= 15 is 0 Å². The Morgan fingerprint density at radius 3 is 2.28 bits per heavy atom. The third-order valence-electron chi connectivity index (χ3n) is 5.65. The van der Waals surface area contributed by atoms with Gasteiger partial charge < -0.3 is 15.1 Å². The topological polar surface area (TPSA) is 69.7 Å². The van der Waals surface area contributed by atoms with Crippen molar-refractivity contribution >= 4 is 46.6 Å². The van der Waals surface area contributed by atoms with E-state index in [1.165, 1.54) is 0 Å². The molecule has 1 unspecified atom stereocenters. The first-order chi connectivity index (χ1) is 13.6. The van der Waals surface area contributed by atoms with Gasteiger partial charge in [-0.3, -0.25) is 14.4 Å². The fraction of sp³-hybridized carbons (Fsp3) is 0.571. The molecule has 158 valence electrons. The summed E-state index contributed by atoms with van der Waals surface area (Å²) in [6, 6.07) is 4.98. The van der Waals surface area contributed by atoms with Gasteiger partial charge in [-0.05, 0) is 51.8 Å². The van der Waals surface area contributed by atoms with Crippen molar-refractivity contribution in [2.75, 3.05) is 25.0 Å². The van der Waals surface area contributed by atoms with Crippen LogP contribution in [0.3, 0.4) is 0 Å². The predicted octanol–water partition coefficient (Wildman–Crippen LogP) is 3.82. The van der Waals surface area contributed by atoms with E-state index in [0.29, 0.717) is 48.2 Å². The van der Waals surface area contributed by atoms with E-state index in [-0.39, 0.29) is 41.5 Å². The van der Waals surface area contributed by atoms with Crippen LogP contribution in [0, 0.1) is 11.8 Å². The van der Waals surface area contributed by atoms with Gasteiger partial charge in [-0.2, -0.15) is 0 Å². The van der Waals surface area contributed by atoms with Crippen molar-refractivity contribution in [2.24, 2.45) is 11.8 Å². The Bertz CT molecular complexity index is 814. The summed E-state index contributed by atoms with van der Waals surface area (Å²) in [5.74, 6) is -0.473. The summed E-state index contributed by atoms with van der Waals surface area (Å²) in [6.45, 7) is 7.47. The minimum Gasteiger partial charge on any atom is -0.342 e. The van der Waals surface area contributed by atoms with Crippen LogP contribution in [-0.2, 0) is 14.4 Å². The fourth-order valence-electron chi connectivity index (χ4n) is 3.96. The van der Waals surface area contributed by atoms with Gasteiger partial charge in [-0.15, -0.1) is 0 Å². The highest BCUT2D eigenvalue weighted by atomic mass is 35.5. The molecule has 2 aliphatic heterocycles. The highest BCUT2D eigenvalue weighted by molar-refractivity contribution is 6.42. The molecule has 3 amide bonds. The molecule has 2 aliphatic rings. The molecule has 0 aromatic heterocycles. The van der Waals surface area contributed by atoms with Crippen LogP contribution in [0.2, 0.25) is 10.0 Å². The molecule has 2 fully saturated rings. The number of carbonyl (C=O) groups is 3. The van der Waals surface area contributed by atoms with Crippen molar-refractivity contribution in [2.45, 2.75) is 45.6 Å². The van der Waals surface area contributed by atoms with Gasteiger partial charge >= 0.3 is 0 Å². The van der Waals surface area contributed by atoms with Crippen molar-refractivity contribution in [3.63, 3.8) is 0 Å². The number of benzene rings is 1. The van der Waals surface area contributed by atoms with Crippen LogP contribution < -0.4 is 5.32 Å². The van der Waals surface area contributed by atoms with E-state index in [9.17, 15) is 14.4 Å². The standard InChI is InChI=1S/C21H27Cl2N3O3/c1-21(2,3)26-12-14(10-18(26)27)20(29)25-8-6-13(7-9-25)19(28)24-15-4-5-16(22)17(23)11-15/h4-5,11,13-14H,6-10,12H2,1-3H3,(H,24,28). The highest BCUT2D eigenvalue weighted by Gasteiger charge is 2.41. The molecule has 8 heteroatoms. The van der Waals surface area contributed by atoms with Gasteiger partial charge in [0.25, 0.3) is 0 Å². The second kappa shape index (κ2) is 8.52. The van der Waals surface area contributed by atoms with E-state index in [1.807, 2.05) is 20.8 Å². The lowest BCUT2D eigenvalue weighted by Gasteiger charge is -2.34. The lowest BCUT2D eigenvalue weighted by molar-refractivity contribution is -0.138. The second-order valence-corrected chi connectivity index (χ2v) is 9.61. The molecule has 1 aromatic carbocycles. The smallest absolute Gasteiger partial charge is 0.227 e. The van der Waals surface area contributed by atoms with Crippen LogP contribution in [0.4, 0.5) is 5.69 Å². The quantitative estimate of drug-likeness (QED) is 0.777. The lowest BCUT2D eigenvalue weighted by Crippen LogP contribution is -2.46. The number of carbonyl (C=O) groups excluding carboxylic acids is 3. The number of rotatable bonds is 3. The zero-order chi connectivity index (χ0) is 21.3. The highest BCUT2D eigenvalue weighted by Crippen LogP contribution is 2.29. The van der Waals surface area contributed by atoms with Crippen molar-refractivity contribution in [3.05, 3.63) is 28.2 Å². The number of amides is 3. The second-order valence-electron chi connectivity index (χ2n) is 8.79. The summed E-state index contributed by atoms with van der Waals surface area (Å²) in [7, 11) is 0. The molecule has 0 saturated carbocycles. The monoisotopic (exact) mass is 439 g/mol. The fourth-order valence-corrected chi connectivity index (χ4v) is 4.26. The number of piperidine rings is 1. The number of halogens is 2. The van der Waals surface area contributed by atoms with E-state index in [1.54, 1.807) is 28.0 Å². The molecule has 0 aliphatic carbocycles. The third kappa shape index (κ3) is 5.04. The summed E-state index contributed by atoms with van der Waals surface area (Å²) in [5, 5.41) is 3.70. The molecule has 0 radical (unpaired) electrons. The first-order valence-electron chi connectivity index (χ1n) is 9.91. The van der Waals surface area contributed by atoms with Gasteiger partial charge in [-0.1, -0.05) is 23.2 Å². The van der Waals surface area contributed by atoms with Crippen molar-refractivity contribution in [3.8, 4) is 0 Å². The van der Waals surface area contributed by atoms with Gasteiger partial charge in [0.1, 0.15) is 0 Å². The maximum atomic E-state index is 12.9. The molecule has 2 heterocycles. The Hall–Kier alpha value is -1.79. The number of nitrogens with zero attached hydrogens (tertiary/aromatic N) is 2. The third-order valence-corrected chi connectivity index (χ3v) is 6.39. The van der Waals surface area contributed by atoms with E-state index < -0.39 is 0 Å². The number of hydrogen-bond donors (Lipinski definition) is 1. The summed E-state index contributed by atoms with van der Waals surface area (Å²) in [6.07, 6.45) is 1.47. The Labute approximate surface area is 181 Å². The molecule has 6 nitrogen and oxygen atoms in total. The molecule has 1 N–H and O–H groups in total. The molecule has 3 rings (SSSR count). The van der Waals surface area contributed by atoms with Gasteiger partial charge in [0.15, 0.2) is 0 Å². The minimum absolute atomic E-state index is 0.0217. The van der Waals surface area contributed by atoms with Crippen molar-refractivity contribution in [1.29, 1.82) is 0 Å². The van der Waals surface area contributed by atoms with Crippen LogP contribution in [0.15, 0.2) is 18.2 Å². The van der Waals surface area contributed by atoms with Crippen LogP contribution in [0.1, 0.15) is 40.0 Å². The van der Waals surface area contributed by atoms with Crippen LogP contribution in [-0.4, -0.2) is 52.7 Å². The van der Waals surface area contributed by atoms with Gasteiger partial charge in [-0.25, -0.2) is 0 Å². The summed E-state index contributed by atoms with van der Waals surface area (Å²) < 4.78 is 0. The number of likely N-dealkylation sites (tertiary alicyclic amines) is 2. The average molecular weight is 440 g/mol. The van der Waals surface area contributed by atoms with Gasteiger partial charge in [0, 0.05) is 43.2 Å². The van der Waals surface area contributed by atoms with E-state index in [4.69, 9.17) is 23.2 Å². The summed E-state index contributed by atoms with van der Waals surface area (Å²) in [5.41, 5.74) is 0.330. The van der Waals surface area contributed by atoms with Crippen molar-refractivity contribution < 1.29 is 14.4 Å². The average Bonchev–Trinajstić information content (AvgIpc) is 3.06. The van der Waals surface area contributed by atoms with Gasteiger partial charge in [0.2, 0.25) is 17.7 Å². The predicted molar refractivity (Wildman–Crippen MR) is 114 cm³/mol. The maximum absolute atomic E-state index is 12.9. The normalized spacial score (nSPS) is 20.9. The number of anilines is 1. The summed E-state index contributed by atoms with van der Waals surface area (Å²) in [4.78, 5) is 41.3. The molecular weight excluding hydrogens is 413 g/mol. The first-order valence-corrected chi connectivity index (χ1v) is 10.7. The number of hydrogen-bond acceptors (Lipinski definition) is 3. The SMILES string of the molecule is CC(C)(C)N1CC(C(=O)N2CCC(C(=O)Nc3ccc(Cl)c(Cl)c3)CC2)CC1=O. The van der Waals surface area contributed by atoms with Crippen LogP contribution >= 0.6 is 23.2 Å². The van der Waals surface area contributed by atoms with Crippen molar-refractivity contribution in [1.82, 2.24) is 9.80 Å². The van der Waals surface area contributed by atoms with E-state index in [2.05, 4.69) is 5.32 Å². The zero-order valence-corrected chi connectivity index (χ0v) is 18.5. The Balaban J connectivity index is 1.52. The van der Waals surface area contributed by atoms with Gasteiger partial charge in [0.05, 0.1) is 16.0 Å². The molecule has 1 atom stereocenters. The minimum atomic E-state index is -0.289. The maximum Gasteiger partial charge on any atom is 0.227 e. The largest absolute Gasteiger partial charge is 0.342 e. The Morgan fingerprint density at radius 2 is 1.72 bits per heavy atom. The summed E-state index contributed by atoms with van der Waals surface area (Å²) >= 11 is 11.9. The molecule has 0 spiro atoms. The number of nitrogens with one attached hydrogen (secondary N) is 1. The molecular formula is C21H27Cl2N3O3. The van der Waals surface area contributed by atoms with E-state index in [0.717, 1.165) is 0 Å². The van der Waals surface area contributed by atoms with Crippen LogP contribution in [0.25, 0.3) is 0 Å². The zero-order valence-electron chi connectivity index (χ0n) is 17.0.